The molecular weight excluding hydrogens is 637 g/mol. The second-order valence-corrected chi connectivity index (χ2v) is 14.7. The van der Waals surface area contributed by atoms with E-state index in [2.05, 4.69) is 28.7 Å². The number of ether oxygens (including phenoxy) is 1. The molecule has 0 aromatic heterocycles. The topological polar surface area (TPSA) is 125 Å². The fraction of sp³-hybridized carbons (Fsp3) is 0.143. The van der Waals surface area contributed by atoms with Crippen molar-refractivity contribution in [3.8, 4) is 5.75 Å². The van der Waals surface area contributed by atoms with E-state index in [0.717, 1.165) is 24.9 Å². The Morgan fingerprint density at radius 2 is 1.36 bits per heavy atom. The Morgan fingerprint density at radius 3 is 2.06 bits per heavy atom. The zero-order valence-corrected chi connectivity index (χ0v) is 26.8. The number of sulfonamides is 2. The number of carbonyl (C=O) groups excluding carboxylic acids is 1. The Kier molecular flexibility index (Phi) is 9.45. The number of amides is 1. The van der Waals surface area contributed by atoms with Crippen LogP contribution >= 0.6 is 0 Å². The van der Waals surface area contributed by atoms with Crippen LogP contribution in [0.1, 0.15) is 11.1 Å². The summed E-state index contributed by atoms with van der Waals surface area (Å²) in [4.78, 5) is 13.5. The number of nitrogens with one attached hydrogen (secondary N) is 1. The van der Waals surface area contributed by atoms with Gasteiger partial charge >= 0.3 is 0 Å². The van der Waals surface area contributed by atoms with Gasteiger partial charge in [-0.3, -0.25) is 4.79 Å². The molecule has 6 rings (SSSR count). The standard InChI is InChI=1S/C35H32N4O6S2/c40-35(37-36-24-27-18-20-30(21-19-27)45-26-29-12-9-11-28-10-7-8-17-33(28)29)34-25-38(46(41,42)31-13-3-1-4-14-31)22-23-39(34)47(43,44)32-15-5-2-6-16-32/h1-21,24,34H,22-23,25-26H2,(H,37,40)/b36-24-/t34-/m0/s1. The van der Waals surface area contributed by atoms with Gasteiger partial charge in [-0.2, -0.15) is 13.7 Å². The van der Waals surface area contributed by atoms with Gasteiger partial charge in [0.2, 0.25) is 20.0 Å². The van der Waals surface area contributed by atoms with E-state index in [0.29, 0.717) is 17.9 Å². The third-order valence-electron chi connectivity index (χ3n) is 7.87. The molecule has 0 spiro atoms. The van der Waals surface area contributed by atoms with Crippen molar-refractivity contribution in [1.82, 2.24) is 14.0 Å². The van der Waals surface area contributed by atoms with Gasteiger partial charge in [-0.15, -0.1) is 0 Å². The molecule has 12 heteroatoms. The van der Waals surface area contributed by atoms with Crippen molar-refractivity contribution in [2.45, 2.75) is 22.4 Å². The first-order valence-electron chi connectivity index (χ1n) is 14.9. The van der Waals surface area contributed by atoms with Crippen LogP contribution in [0.5, 0.6) is 5.75 Å². The van der Waals surface area contributed by atoms with Gasteiger partial charge in [0, 0.05) is 19.6 Å². The lowest BCUT2D eigenvalue weighted by atomic mass is 10.1. The smallest absolute Gasteiger partial charge is 0.259 e. The van der Waals surface area contributed by atoms with E-state index < -0.39 is 32.0 Å². The summed E-state index contributed by atoms with van der Waals surface area (Å²) in [6.07, 6.45) is 1.42. The van der Waals surface area contributed by atoms with Crippen LogP contribution in [0, 0.1) is 0 Å². The normalized spacial score (nSPS) is 16.3. The maximum Gasteiger partial charge on any atom is 0.259 e. The van der Waals surface area contributed by atoms with Gasteiger partial charge in [0.1, 0.15) is 18.4 Å². The van der Waals surface area contributed by atoms with Crippen molar-refractivity contribution >= 4 is 42.9 Å². The van der Waals surface area contributed by atoms with Gasteiger partial charge in [-0.05, 0) is 70.4 Å². The van der Waals surface area contributed by atoms with Crippen molar-refractivity contribution in [2.24, 2.45) is 5.10 Å². The number of hydrogen-bond donors (Lipinski definition) is 1. The van der Waals surface area contributed by atoms with Crippen molar-refractivity contribution in [3.63, 3.8) is 0 Å². The monoisotopic (exact) mass is 668 g/mol. The Labute approximate surface area is 274 Å². The summed E-state index contributed by atoms with van der Waals surface area (Å²) in [5, 5.41) is 6.32. The average Bonchev–Trinajstić information content (AvgIpc) is 3.11. The van der Waals surface area contributed by atoms with Gasteiger partial charge < -0.3 is 4.74 Å². The molecule has 5 aromatic carbocycles. The van der Waals surface area contributed by atoms with Gasteiger partial charge in [-0.1, -0.05) is 78.9 Å². The molecule has 1 saturated heterocycles. The molecule has 1 aliphatic rings. The lowest BCUT2D eigenvalue weighted by molar-refractivity contribution is -0.125. The number of carbonyl (C=O) groups is 1. The molecule has 0 unspecified atom stereocenters. The first kappa shape index (κ1) is 32.1. The summed E-state index contributed by atoms with van der Waals surface area (Å²) >= 11 is 0. The summed E-state index contributed by atoms with van der Waals surface area (Å²) in [7, 11) is -8.11. The number of rotatable bonds is 10. The zero-order chi connectivity index (χ0) is 32.9. The maximum absolute atomic E-state index is 13.6. The predicted octanol–water partition coefficient (Wildman–Crippen LogP) is 4.63. The van der Waals surface area contributed by atoms with E-state index in [1.807, 2.05) is 24.3 Å². The highest BCUT2D eigenvalue weighted by atomic mass is 32.2. The van der Waals surface area contributed by atoms with Crippen LogP contribution in [0.25, 0.3) is 10.8 Å². The van der Waals surface area contributed by atoms with Crippen LogP contribution in [-0.2, 0) is 31.4 Å². The van der Waals surface area contributed by atoms with Crippen LogP contribution in [0.15, 0.2) is 142 Å². The molecule has 0 aliphatic carbocycles. The highest BCUT2D eigenvalue weighted by Crippen LogP contribution is 2.26. The van der Waals surface area contributed by atoms with E-state index >= 15 is 0 Å². The number of piperazine rings is 1. The number of benzene rings is 5. The molecule has 1 amide bonds. The minimum Gasteiger partial charge on any atom is -0.489 e. The van der Waals surface area contributed by atoms with Crippen LogP contribution in [0.3, 0.4) is 0 Å². The van der Waals surface area contributed by atoms with Gasteiger partial charge in [0.25, 0.3) is 5.91 Å². The Morgan fingerprint density at radius 1 is 0.745 bits per heavy atom. The largest absolute Gasteiger partial charge is 0.489 e. The summed E-state index contributed by atoms with van der Waals surface area (Å²) < 4.78 is 62.1. The summed E-state index contributed by atoms with van der Waals surface area (Å²) in [6.45, 7) is -0.324. The van der Waals surface area contributed by atoms with Crippen molar-refractivity contribution in [1.29, 1.82) is 0 Å². The third kappa shape index (κ3) is 7.10. The quantitative estimate of drug-likeness (QED) is 0.171. The molecule has 47 heavy (non-hydrogen) atoms. The second-order valence-electron chi connectivity index (χ2n) is 10.9. The fourth-order valence-electron chi connectivity index (χ4n) is 5.40. The van der Waals surface area contributed by atoms with Crippen LogP contribution in [0.2, 0.25) is 0 Å². The molecule has 5 aromatic rings. The highest BCUT2D eigenvalue weighted by Gasteiger charge is 2.43. The van der Waals surface area contributed by atoms with Gasteiger partial charge in [-0.25, -0.2) is 22.3 Å². The molecule has 0 radical (unpaired) electrons. The lowest BCUT2D eigenvalue weighted by Crippen LogP contribution is -2.60. The Bertz CT molecular complexity index is 2100. The van der Waals surface area contributed by atoms with Gasteiger partial charge in [0.05, 0.1) is 16.0 Å². The average molecular weight is 669 g/mol. The Hall–Kier alpha value is -4.88. The number of nitrogens with zero attached hydrogens (tertiary/aromatic N) is 3. The van der Waals surface area contributed by atoms with E-state index in [4.69, 9.17) is 4.74 Å². The fourth-order valence-corrected chi connectivity index (χ4v) is 8.45. The first-order valence-corrected chi connectivity index (χ1v) is 17.8. The van der Waals surface area contributed by atoms with Crippen LogP contribution in [-0.4, -0.2) is 63.2 Å². The highest BCUT2D eigenvalue weighted by molar-refractivity contribution is 7.89. The molecule has 10 nitrogen and oxygen atoms in total. The summed E-state index contributed by atoms with van der Waals surface area (Å²) in [5.41, 5.74) is 4.14. The minimum absolute atomic E-state index is 0.00317. The molecule has 0 saturated carbocycles. The molecule has 1 fully saturated rings. The van der Waals surface area contributed by atoms with E-state index in [1.165, 1.54) is 30.5 Å². The number of hydrazone groups is 1. The summed E-state index contributed by atoms with van der Waals surface area (Å²) in [6, 6.07) is 35.5. The number of fused-ring (bicyclic) bond motifs is 1. The summed E-state index contributed by atoms with van der Waals surface area (Å²) in [5.74, 6) is -0.105. The predicted molar refractivity (Wildman–Crippen MR) is 180 cm³/mol. The molecule has 1 aliphatic heterocycles. The number of hydrogen-bond acceptors (Lipinski definition) is 7. The van der Waals surface area contributed by atoms with E-state index in [1.54, 1.807) is 60.7 Å². The maximum atomic E-state index is 13.6. The van der Waals surface area contributed by atoms with Crippen molar-refractivity contribution in [3.05, 3.63) is 139 Å². The van der Waals surface area contributed by atoms with Gasteiger partial charge in [0.15, 0.2) is 0 Å². The van der Waals surface area contributed by atoms with Crippen molar-refractivity contribution < 1.29 is 26.4 Å². The molecule has 240 valence electrons. The van der Waals surface area contributed by atoms with E-state index in [9.17, 15) is 21.6 Å². The molecular formula is C35H32N4O6S2. The van der Waals surface area contributed by atoms with E-state index in [-0.39, 0.29) is 29.4 Å². The SMILES string of the molecule is O=C(N/N=C\c1ccc(OCc2cccc3ccccc23)cc1)[C@@H]1CN(S(=O)(=O)c2ccccc2)CCN1S(=O)(=O)c1ccccc1. The molecule has 0 bridgehead atoms. The van der Waals surface area contributed by atoms with Crippen LogP contribution < -0.4 is 10.2 Å². The second kappa shape index (κ2) is 13.9. The lowest BCUT2D eigenvalue weighted by Gasteiger charge is -2.38. The molecule has 1 atom stereocenters. The van der Waals surface area contributed by atoms with Crippen LogP contribution in [0.4, 0.5) is 0 Å². The molecule has 1 N–H and O–H groups in total. The molecule has 1 heterocycles. The first-order chi connectivity index (χ1) is 22.7. The Balaban J connectivity index is 1.15. The minimum atomic E-state index is -4.12. The van der Waals surface area contributed by atoms with Crippen molar-refractivity contribution in [2.75, 3.05) is 19.6 Å². The zero-order valence-electron chi connectivity index (χ0n) is 25.2. The third-order valence-corrected chi connectivity index (χ3v) is 11.7.